The van der Waals surface area contributed by atoms with Crippen LogP contribution in [0.15, 0.2) is 18.6 Å². The lowest BCUT2D eigenvalue weighted by Gasteiger charge is -1.99. The number of rotatable bonds is 2. The number of ketones is 1. The van der Waals surface area contributed by atoms with Gasteiger partial charge in [-0.05, 0) is 19.4 Å². The van der Waals surface area contributed by atoms with E-state index in [4.69, 9.17) is 0 Å². The second kappa shape index (κ2) is 3.21. The number of hydrogen-bond acceptors (Lipinski definition) is 3. The average Bonchev–Trinajstić information content (AvgIpc) is 2.47. The van der Waals surface area contributed by atoms with Gasteiger partial charge in [0.05, 0.1) is 11.9 Å². The third-order valence-electron chi connectivity index (χ3n) is 2.00. The zero-order valence-electron chi connectivity index (χ0n) is 8.19. The molecule has 0 atom stereocenters. The van der Waals surface area contributed by atoms with Crippen molar-refractivity contribution in [3.8, 4) is 0 Å². The highest BCUT2D eigenvalue weighted by atomic mass is 16.1. The number of hydrogen-bond donors (Lipinski definition) is 0. The van der Waals surface area contributed by atoms with E-state index in [1.54, 1.807) is 19.3 Å². The van der Waals surface area contributed by atoms with Crippen LogP contribution < -0.4 is 0 Å². The van der Waals surface area contributed by atoms with Crippen molar-refractivity contribution in [2.24, 2.45) is 0 Å². The Hall–Kier alpha value is -1.71. The summed E-state index contributed by atoms with van der Waals surface area (Å²) in [4.78, 5) is 19.2. The van der Waals surface area contributed by atoms with Gasteiger partial charge in [0.1, 0.15) is 5.78 Å². The second-order valence-corrected chi connectivity index (χ2v) is 3.43. The normalized spacial score (nSPS) is 10.7. The van der Waals surface area contributed by atoms with Gasteiger partial charge in [0.15, 0.2) is 0 Å². The summed E-state index contributed by atoms with van der Waals surface area (Å²) in [6.07, 6.45) is 5.81. The molecule has 0 aliphatic carbocycles. The molecule has 0 unspecified atom stereocenters. The lowest BCUT2D eigenvalue weighted by atomic mass is 10.2. The molecule has 0 aliphatic heterocycles. The molecule has 14 heavy (non-hydrogen) atoms. The van der Waals surface area contributed by atoms with E-state index in [2.05, 4.69) is 9.97 Å². The lowest BCUT2D eigenvalue weighted by molar-refractivity contribution is -0.116. The molecular weight excluding hydrogens is 178 g/mol. The largest absolute Gasteiger partial charge is 0.300 e. The third kappa shape index (κ3) is 1.51. The van der Waals surface area contributed by atoms with Gasteiger partial charge in [0, 0.05) is 18.8 Å². The third-order valence-corrected chi connectivity index (χ3v) is 2.00. The number of carbonyl (C=O) groups excluding carboxylic acids is 1. The van der Waals surface area contributed by atoms with Crippen LogP contribution in [0.1, 0.15) is 18.2 Å². The first-order valence-electron chi connectivity index (χ1n) is 4.45. The van der Waals surface area contributed by atoms with Crippen molar-refractivity contribution in [3.05, 3.63) is 29.8 Å². The summed E-state index contributed by atoms with van der Waals surface area (Å²) in [5.41, 5.74) is 1.95. The highest BCUT2D eigenvalue weighted by molar-refractivity contribution is 5.77. The summed E-state index contributed by atoms with van der Waals surface area (Å²) in [5.74, 6) is 0.778. The van der Waals surface area contributed by atoms with Crippen LogP contribution in [0.4, 0.5) is 0 Å². The Balaban J connectivity index is 2.55. The molecule has 4 heteroatoms. The predicted octanol–water partition coefficient (Wildman–Crippen LogP) is 1.17. The number of aryl methyl sites for hydroxylation is 1. The molecule has 0 spiro atoms. The SMILES string of the molecule is CC(=O)Cc1cnc2ncc(C)cn12. The van der Waals surface area contributed by atoms with E-state index in [-0.39, 0.29) is 5.78 Å². The predicted molar refractivity (Wildman–Crippen MR) is 52.1 cm³/mol. The fourth-order valence-electron chi connectivity index (χ4n) is 1.40. The molecule has 2 aromatic heterocycles. The molecule has 0 radical (unpaired) electrons. The lowest BCUT2D eigenvalue weighted by Crippen LogP contribution is -2.01. The van der Waals surface area contributed by atoms with E-state index in [9.17, 15) is 4.79 Å². The van der Waals surface area contributed by atoms with Gasteiger partial charge < -0.3 is 0 Å². The Morgan fingerprint density at radius 3 is 2.86 bits per heavy atom. The van der Waals surface area contributed by atoms with Crippen LogP contribution >= 0.6 is 0 Å². The maximum atomic E-state index is 11.0. The van der Waals surface area contributed by atoms with Crippen molar-refractivity contribution < 1.29 is 4.79 Å². The minimum absolute atomic E-state index is 0.133. The van der Waals surface area contributed by atoms with Gasteiger partial charge >= 0.3 is 0 Å². The number of Topliss-reactive ketones (excluding diaryl/α,β-unsaturated/α-hetero) is 1. The van der Waals surface area contributed by atoms with Gasteiger partial charge in [-0.1, -0.05) is 0 Å². The fraction of sp³-hybridized carbons (Fsp3) is 0.300. The van der Waals surface area contributed by atoms with E-state index >= 15 is 0 Å². The fourth-order valence-corrected chi connectivity index (χ4v) is 1.40. The second-order valence-electron chi connectivity index (χ2n) is 3.43. The molecule has 0 fully saturated rings. The zero-order chi connectivity index (χ0) is 10.1. The standard InChI is InChI=1S/C10H11N3O/c1-7-4-11-10-12-5-9(3-8(2)14)13(10)6-7/h4-6H,3H2,1-2H3. The first-order chi connectivity index (χ1) is 6.66. The van der Waals surface area contributed by atoms with Crippen LogP contribution in [0.5, 0.6) is 0 Å². The molecule has 0 aliphatic rings. The van der Waals surface area contributed by atoms with Crippen LogP contribution in [-0.2, 0) is 11.2 Å². The Morgan fingerprint density at radius 1 is 1.43 bits per heavy atom. The van der Waals surface area contributed by atoms with Crippen LogP contribution in [0.2, 0.25) is 0 Å². The smallest absolute Gasteiger partial charge is 0.233 e. The monoisotopic (exact) mass is 189 g/mol. The van der Waals surface area contributed by atoms with Crippen LogP contribution in [0.25, 0.3) is 5.78 Å². The summed E-state index contributed by atoms with van der Waals surface area (Å²) in [6.45, 7) is 3.53. The molecule has 0 saturated heterocycles. The van der Waals surface area contributed by atoms with Gasteiger partial charge in [-0.3, -0.25) is 9.20 Å². The highest BCUT2D eigenvalue weighted by Gasteiger charge is 2.05. The number of nitrogens with zero attached hydrogens (tertiary/aromatic N) is 3. The average molecular weight is 189 g/mol. The summed E-state index contributed by atoms with van der Waals surface area (Å²) < 4.78 is 1.86. The van der Waals surface area contributed by atoms with E-state index < -0.39 is 0 Å². The first kappa shape index (κ1) is 8.87. The van der Waals surface area contributed by atoms with Crippen molar-refractivity contribution in [2.45, 2.75) is 20.3 Å². The Morgan fingerprint density at radius 2 is 2.14 bits per heavy atom. The maximum absolute atomic E-state index is 11.0. The van der Waals surface area contributed by atoms with Crippen molar-refractivity contribution in [1.29, 1.82) is 0 Å². The van der Waals surface area contributed by atoms with Gasteiger partial charge in [0.25, 0.3) is 0 Å². The van der Waals surface area contributed by atoms with Crippen LogP contribution in [-0.4, -0.2) is 20.2 Å². The molecule has 0 aromatic carbocycles. The molecular formula is C10H11N3O. The number of carbonyl (C=O) groups is 1. The van der Waals surface area contributed by atoms with Gasteiger partial charge in [-0.15, -0.1) is 0 Å². The van der Waals surface area contributed by atoms with Crippen molar-refractivity contribution in [2.75, 3.05) is 0 Å². The topological polar surface area (TPSA) is 47.3 Å². The molecule has 2 rings (SSSR count). The molecule has 0 bridgehead atoms. The number of fused-ring (bicyclic) bond motifs is 1. The summed E-state index contributed by atoms with van der Waals surface area (Å²) in [5, 5.41) is 0. The first-order valence-corrected chi connectivity index (χ1v) is 4.45. The highest BCUT2D eigenvalue weighted by Crippen LogP contribution is 2.06. The van der Waals surface area contributed by atoms with E-state index in [0.717, 1.165) is 11.3 Å². The molecule has 72 valence electrons. The van der Waals surface area contributed by atoms with Crippen molar-refractivity contribution in [3.63, 3.8) is 0 Å². The van der Waals surface area contributed by atoms with Crippen molar-refractivity contribution >= 4 is 11.6 Å². The Labute approximate surface area is 81.6 Å². The van der Waals surface area contributed by atoms with E-state index in [1.807, 2.05) is 17.5 Å². The van der Waals surface area contributed by atoms with Crippen LogP contribution in [0.3, 0.4) is 0 Å². The summed E-state index contributed by atoms with van der Waals surface area (Å²) in [6, 6.07) is 0. The summed E-state index contributed by atoms with van der Waals surface area (Å²) in [7, 11) is 0. The number of aromatic nitrogens is 3. The molecule has 0 N–H and O–H groups in total. The molecule has 2 aromatic rings. The van der Waals surface area contributed by atoms with Gasteiger partial charge in [0.2, 0.25) is 5.78 Å². The minimum atomic E-state index is 0.133. The zero-order valence-corrected chi connectivity index (χ0v) is 8.19. The Bertz CT molecular complexity index is 487. The molecule has 4 nitrogen and oxygen atoms in total. The summed E-state index contributed by atoms with van der Waals surface area (Å²) >= 11 is 0. The van der Waals surface area contributed by atoms with Gasteiger partial charge in [-0.25, -0.2) is 9.97 Å². The quantitative estimate of drug-likeness (QED) is 0.712. The van der Waals surface area contributed by atoms with Crippen LogP contribution in [0, 0.1) is 6.92 Å². The Kier molecular flexibility index (Phi) is 2.04. The van der Waals surface area contributed by atoms with E-state index in [1.165, 1.54) is 0 Å². The number of imidazole rings is 1. The van der Waals surface area contributed by atoms with Crippen molar-refractivity contribution in [1.82, 2.24) is 14.4 Å². The molecule has 0 amide bonds. The maximum Gasteiger partial charge on any atom is 0.233 e. The molecule has 0 saturated carbocycles. The van der Waals surface area contributed by atoms with Gasteiger partial charge in [-0.2, -0.15) is 0 Å². The van der Waals surface area contributed by atoms with E-state index in [0.29, 0.717) is 12.2 Å². The minimum Gasteiger partial charge on any atom is -0.300 e. The molecule has 2 heterocycles.